The normalized spacial score (nSPS) is 29.9. The first-order valence-electron chi connectivity index (χ1n) is 10.7. The molecule has 0 amide bonds. The van der Waals surface area contributed by atoms with Gasteiger partial charge in [0.25, 0.3) is 0 Å². The molecule has 5 heteroatoms. The molecule has 3 aliphatic rings. The molecule has 1 spiro atoms. The maximum Gasteiger partial charge on any atom is 0.175 e. The lowest BCUT2D eigenvalue weighted by Gasteiger charge is -2.32. The van der Waals surface area contributed by atoms with Crippen LogP contribution in [0.5, 0.6) is 0 Å². The molecule has 0 radical (unpaired) electrons. The first kappa shape index (κ1) is 19.4. The number of benzene rings is 1. The Balaban J connectivity index is 1.36. The predicted octanol–water partition coefficient (Wildman–Crippen LogP) is 5.22. The van der Waals surface area contributed by atoms with Gasteiger partial charge in [-0.2, -0.15) is 5.26 Å². The fourth-order valence-electron chi connectivity index (χ4n) is 5.55. The highest BCUT2D eigenvalue weighted by molar-refractivity contribution is 5.63. The van der Waals surface area contributed by atoms with Crippen molar-refractivity contribution >= 4 is 6.08 Å². The molecule has 5 rings (SSSR count). The average molecular weight is 404 g/mol. The summed E-state index contributed by atoms with van der Waals surface area (Å²) in [6.45, 7) is 1.26. The molecule has 0 unspecified atom stereocenters. The fourth-order valence-corrected chi connectivity index (χ4v) is 5.55. The maximum atomic E-state index is 13.5. The number of nitriles is 1. The summed E-state index contributed by atoms with van der Waals surface area (Å²) in [5, 5.41) is 9.35. The highest BCUT2D eigenvalue weighted by Crippen LogP contribution is 2.55. The Labute approximate surface area is 176 Å². The number of halogens is 1. The number of ether oxygens (including phenoxy) is 2. The predicted molar refractivity (Wildman–Crippen MR) is 111 cm³/mol. The molecule has 30 heavy (non-hydrogen) atoms. The monoisotopic (exact) mass is 404 g/mol. The lowest BCUT2D eigenvalue weighted by atomic mass is 9.73. The highest BCUT2D eigenvalue weighted by atomic mass is 19.1. The molecule has 154 valence electrons. The van der Waals surface area contributed by atoms with Gasteiger partial charge in [0.05, 0.1) is 25.0 Å². The summed E-state index contributed by atoms with van der Waals surface area (Å²) in [6, 6.07) is 12.9. The summed E-state index contributed by atoms with van der Waals surface area (Å²) in [6.07, 6.45) is 9.84. The van der Waals surface area contributed by atoms with Gasteiger partial charge in [-0.15, -0.1) is 0 Å². The molecule has 2 aromatic rings. The molecule has 1 aromatic heterocycles. The van der Waals surface area contributed by atoms with Gasteiger partial charge in [-0.1, -0.05) is 24.3 Å². The Hall–Kier alpha value is -2.55. The van der Waals surface area contributed by atoms with Crippen LogP contribution in [0.3, 0.4) is 0 Å². The van der Waals surface area contributed by atoms with E-state index in [2.05, 4.69) is 17.1 Å². The van der Waals surface area contributed by atoms with Crippen LogP contribution in [0.4, 0.5) is 4.39 Å². The van der Waals surface area contributed by atoms with E-state index in [1.54, 1.807) is 12.3 Å². The van der Waals surface area contributed by atoms with Crippen molar-refractivity contribution < 1.29 is 13.9 Å². The molecule has 0 bridgehead atoms. The van der Waals surface area contributed by atoms with Crippen molar-refractivity contribution in [3.05, 3.63) is 60.2 Å². The molecule has 1 aliphatic heterocycles. The third-order valence-electron chi connectivity index (χ3n) is 6.93. The van der Waals surface area contributed by atoms with E-state index in [0.717, 1.165) is 42.5 Å². The Kier molecular flexibility index (Phi) is 5.14. The fraction of sp³-hybridized carbons (Fsp3) is 0.440. The molecule has 1 aromatic carbocycles. The van der Waals surface area contributed by atoms with Crippen molar-refractivity contribution in [3.63, 3.8) is 0 Å². The second-order valence-corrected chi connectivity index (χ2v) is 8.64. The highest BCUT2D eigenvalue weighted by Gasteiger charge is 2.57. The van der Waals surface area contributed by atoms with Crippen LogP contribution in [0.25, 0.3) is 17.2 Å². The number of hydrogen-bond acceptors (Lipinski definition) is 4. The molecule has 3 fully saturated rings. The SMILES string of the molecule is N#C[C@H]1CC[C@@H]2[C@H](C1)CC1(OCCO1)[C@H]2/C=C/c1ccc(-c2cccc(F)c2)cn1. The summed E-state index contributed by atoms with van der Waals surface area (Å²) in [7, 11) is 0. The van der Waals surface area contributed by atoms with Crippen LogP contribution in [0.15, 0.2) is 48.7 Å². The third-order valence-corrected chi connectivity index (χ3v) is 6.93. The minimum atomic E-state index is -0.544. The zero-order chi connectivity index (χ0) is 20.6. The van der Waals surface area contributed by atoms with Crippen LogP contribution in [-0.4, -0.2) is 24.0 Å². The first-order valence-corrected chi connectivity index (χ1v) is 10.7. The second kappa shape index (κ2) is 7.94. The minimum absolute atomic E-state index is 0.157. The van der Waals surface area contributed by atoms with Gasteiger partial charge in [-0.3, -0.25) is 4.98 Å². The van der Waals surface area contributed by atoms with Crippen LogP contribution in [-0.2, 0) is 9.47 Å². The largest absolute Gasteiger partial charge is 0.347 e. The van der Waals surface area contributed by atoms with Crippen LogP contribution in [0.1, 0.15) is 31.4 Å². The van der Waals surface area contributed by atoms with Crippen molar-refractivity contribution in [2.24, 2.45) is 23.7 Å². The number of hydrogen-bond donors (Lipinski definition) is 0. The summed E-state index contributed by atoms with van der Waals surface area (Å²) < 4.78 is 25.8. The molecule has 2 saturated carbocycles. The van der Waals surface area contributed by atoms with Crippen LogP contribution in [0.2, 0.25) is 0 Å². The van der Waals surface area contributed by atoms with E-state index in [0.29, 0.717) is 25.0 Å². The molecule has 0 N–H and O–H groups in total. The van der Waals surface area contributed by atoms with Gasteiger partial charge >= 0.3 is 0 Å². The number of pyridine rings is 1. The molecule has 1 saturated heterocycles. The average Bonchev–Trinajstić information content (AvgIpc) is 3.36. The summed E-state index contributed by atoms with van der Waals surface area (Å²) >= 11 is 0. The van der Waals surface area contributed by atoms with Crippen LogP contribution >= 0.6 is 0 Å². The molecule has 4 nitrogen and oxygen atoms in total. The van der Waals surface area contributed by atoms with Gasteiger partial charge < -0.3 is 9.47 Å². The second-order valence-electron chi connectivity index (χ2n) is 8.64. The summed E-state index contributed by atoms with van der Waals surface area (Å²) in [5.41, 5.74) is 2.57. The zero-order valence-corrected chi connectivity index (χ0v) is 16.8. The molecule has 2 heterocycles. The van der Waals surface area contributed by atoms with Crippen molar-refractivity contribution in [2.45, 2.75) is 31.5 Å². The lowest BCUT2D eigenvalue weighted by Crippen LogP contribution is -2.35. The van der Waals surface area contributed by atoms with E-state index in [1.165, 1.54) is 12.1 Å². The summed E-state index contributed by atoms with van der Waals surface area (Å²) in [4.78, 5) is 4.56. The summed E-state index contributed by atoms with van der Waals surface area (Å²) in [5.74, 6) is 0.492. The molecule has 4 atom stereocenters. The number of fused-ring (bicyclic) bond motifs is 1. The Bertz CT molecular complexity index is 975. The molecule has 2 aliphatic carbocycles. The molecular weight excluding hydrogens is 379 g/mol. The Morgan fingerprint density at radius 2 is 2.00 bits per heavy atom. The standard InChI is InChI=1S/C25H25FN2O2/c26-21-3-1-2-18(13-21)19-5-6-22(28-16-19)7-9-24-23-8-4-17(15-27)12-20(23)14-25(24)29-10-11-30-25/h1-3,5-7,9,13,16-17,20,23-24H,4,8,10-12,14H2/b9-7+/t17-,20+,23+,24-/m0/s1. The maximum absolute atomic E-state index is 13.5. The number of nitrogens with zero attached hydrogens (tertiary/aromatic N) is 2. The van der Waals surface area contributed by atoms with Gasteiger partial charge in [0.1, 0.15) is 5.82 Å². The van der Waals surface area contributed by atoms with Crippen LogP contribution < -0.4 is 0 Å². The van der Waals surface area contributed by atoms with Crippen LogP contribution in [0, 0.1) is 40.8 Å². The van der Waals surface area contributed by atoms with Gasteiger partial charge in [-0.05, 0) is 60.9 Å². The quantitative estimate of drug-likeness (QED) is 0.704. The topological polar surface area (TPSA) is 55.1 Å². The molecular formula is C25H25FN2O2. The van der Waals surface area contributed by atoms with Crippen molar-refractivity contribution in [2.75, 3.05) is 13.2 Å². The zero-order valence-electron chi connectivity index (χ0n) is 16.8. The Morgan fingerprint density at radius 1 is 1.13 bits per heavy atom. The lowest BCUT2D eigenvalue weighted by molar-refractivity contribution is -0.175. The van der Waals surface area contributed by atoms with Gasteiger partial charge in [-0.25, -0.2) is 4.39 Å². The van der Waals surface area contributed by atoms with Gasteiger partial charge in [0.2, 0.25) is 0 Å². The van der Waals surface area contributed by atoms with E-state index in [4.69, 9.17) is 9.47 Å². The third kappa shape index (κ3) is 3.55. The van der Waals surface area contributed by atoms with E-state index < -0.39 is 5.79 Å². The van der Waals surface area contributed by atoms with Crippen molar-refractivity contribution in [3.8, 4) is 17.2 Å². The van der Waals surface area contributed by atoms with E-state index in [9.17, 15) is 9.65 Å². The number of aromatic nitrogens is 1. The van der Waals surface area contributed by atoms with E-state index in [1.807, 2.05) is 24.3 Å². The van der Waals surface area contributed by atoms with Gasteiger partial charge in [0.15, 0.2) is 5.79 Å². The van der Waals surface area contributed by atoms with E-state index >= 15 is 0 Å². The Morgan fingerprint density at radius 3 is 2.73 bits per heavy atom. The smallest absolute Gasteiger partial charge is 0.175 e. The van der Waals surface area contributed by atoms with E-state index in [-0.39, 0.29) is 17.7 Å². The minimum Gasteiger partial charge on any atom is -0.347 e. The van der Waals surface area contributed by atoms with Gasteiger partial charge in [0, 0.05) is 30.0 Å². The van der Waals surface area contributed by atoms with Crippen molar-refractivity contribution in [1.29, 1.82) is 5.26 Å². The number of rotatable bonds is 3. The van der Waals surface area contributed by atoms with Crippen molar-refractivity contribution in [1.82, 2.24) is 4.98 Å². The first-order chi connectivity index (χ1) is 14.7.